The van der Waals surface area contributed by atoms with Crippen LogP contribution in [-0.2, 0) is 7.05 Å². The molecule has 0 unspecified atom stereocenters. The van der Waals surface area contributed by atoms with Crippen molar-refractivity contribution >= 4 is 5.82 Å². The van der Waals surface area contributed by atoms with Crippen LogP contribution < -0.4 is 15.2 Å². The molecule has 3 rings (SSSR count). The Kier molecular flexibility index (Phi) is 5.74. The van der Waals surface area contributed by atoms with E-state index < -0.39 is 0 Å². The van der Waals surface area contributed by atoms with Crippen molar-refractivity contribution in [2.24, 2.45) is 7.05 Å². The van der Waals surface area contributed by atoms with E-state index in [4.69, 9.17) is 20.3 Å². The largest absolute Gasteiger partial charge is 0.493 e. The summed E-state index contributed by atoms with van der Waals surface area (Å²) in [5.41, 5.74) is 9.91. The van der Waals surface area contributed by atoms with Gasteiger partial charge in [-0.2, -0.15) is 5.10 Å². The van der Waals surface area contributed by atoms with Crippen molar-refractivity contribution in [3.05, 3.63) is 60.6 Å². The van der Waals surface area contributed by atoms with Gasteiger partial charge in [0.25, 0.3) is 0 Å². The second kappa shape index (κ2) is 8.39. The average Bonchev–Trinajstić information content (AvgIpc) is 2.77. The van der Waals surface area contributed by atoms with Gasteiger partial charge < -0.3 is 15.2 Å². The molecular weight excluding hydrogens is 354 g/mol. The lowest BCUT2D eigenvalue weighted by molar-refractivity contribution is 0.355. The highest BCUT2D eigenvalue weighted by molar-refractivity contribution is 5.64. The first-order chi connectivity index (χ1) is 13.5. The quantitative estimate of drug-likeness (QED) is 0.748. The van der Waals surface area contributed by atoms with Crippen molar-refractivity contribution < 1.29 is 9.47 Å². The first-order valence-corrected chi connectivity index (χ1v) is 8.71. The number of methoxy groups -OCH3 is 2. The summed E-state index contributed by atoms with van der Waals surface area (Å²) in [5, 5.41) is 4.80. The fourth-order valence-corrected chi connectivity index (χ4v) is 2.92. The first-order valence-electron chi connectivity index (χ1n) is 8.71. The molecule has 7 nitrogen and oxygen atoms in total. The lowest BCUT2D eigenvalue weighted by atomic mass is 10.1. The number of aromatic nitrogens is 4. The van der Waals surface area contributed by atoms with E-state index in [0.29, 0.717) is 17.3 Å². The van der Waals surface area contributed by atoms with Gasteiger partial charge in [-0.25, -0.2) is 4.98 Å². The maximum absolute atomic E-state index is 5.73. The van der Waals surface area contributed by atoms with Crippen LogP contribution in [0.4, 0.5) is 5.82 Å². The van der Waals surface area contributed by atoms with Crippen LogP contribution in [0.15, 0.2) is 54.9 Å². The van der Waals surface area contributed by atoms with Gasteiger partial charge in [0, 0.05) is 30.6 Å². The molecule has 0 radical (unpaired) electrons. The highest BCUT2D eigenvalue weighted by atomic mass is 16.5. The lowest BCUT2D eigenvalue weighted by Gasteiger charge is -2.11. The normalized spacial score (nSPS) is 10.3. The molecule has 0 aliphatic rings. The molecule has 3 aromatic rings. The molecule has 0 fully saturated rings. The summed E-state index contributed by atoms with van der Waals surface area (Å²) in [6.45, 7) is 1.93. The van der Waals surface area contributed by atoms with Crippen LogP contribution in [0.3, 0.4) is 0 Å². The van der Waals surface area contributed by atoms with Crippen LogP contribution in [0.2, 0.25) is 0 Å². The zero-order chi connectivity index (χ0) is 20.1. The SMILES string of the molecule is COc1ccc(-c2cccnc(C)c(-c3ccc(N)nc3)n(C)n2)cc1OC. The third kappa shape index (κ3) is 4.03. The minimum absolute atomic E-state index is 0.465. The molecule has 0 saturated carbocycles. The van der Waals surface area contributed by atoms with Gasteiger partial charge in [-0.3, -0.25) is 9.67 Å². The van der Waals surface area contributed by atoms with Crippen LogP contribution in [0.5, 0.6) is 11.5 Å². The number of nitrogens with two attached hydrogens (primary N) is 1. The topological polar surface area (TPSA) is 88.1 Å². The van der Waals surface area contributed by atoms with E-state index in [1.807, 2.05) is 50.4 Å². The van der Waals surface area contributed by atoms with Gasteiger partial charge >= 0.3 is 0 Å². The smallest absolute Gasteiger partial charge is 0.161 e. The number of pyridine rings is 1. The number of anilines is 1. The number of ether oxygens (including phenoxy) is 2. The van der Waals surface area contributed by atoms with Crippen molar-refractivity contribution in [1.29, 1.82) is 0 Å². The van der Waals surface area contributed by atoms with Gasteiger partial charge in [0.1, 0.15) is 5.82 Å². The highest BCUT2D eigenvalue weighted by Crippen LogP contribution is 2.31. The van der Waals surface area contributed by atoms with Gasteiger partial charge in [-0.15, -0.1) is 0 Å². The molecule has 0 spiro atoms. The van der Waals surface area contributed by atoms with Gasteiger partial charge in [0.05, 0.1) is 31.3 Å². The van der Waals surface area contributed by atoms with Crippen molar-refractivity contribution in [2.75, 3.05) is 20.0 Å². The van der Waals surface area contributed by atoms with Crippen LogP contribution in [0.25, 0.3) is 22.5 Å². The predicted molar refractivity (Wildman–Crippen MR) is 110 cm³/mol. The average molecular weight is 377 g/mol. The second-order valence-corrected chi connectivity index (χ2v) is 6.12. The van der Waals surface area contributed by atoms with Crippen molar-refractivity contribution in [3.63, 3.8) is 0 Å². The number of aryl methyl sites for hydroxylation is 2. The number of rotatable bonds is 4. The van der Waals surface area contributed by atoms with Crippen LogP contribution in [0, 0.1) is 6.92 Å². The monoisotopic (exact) mass is 377 g/mol. The van der Waals surface area contributed by atoms with E-state index in [9.17, 15) is 0 Å². The van der Waals surface area contributed by atoms with E-state index in [1.165, 1.54) is 0 Å². The van der Waals surface area contributed by atoms with Crippen molar-refractivity contribution in [3.8, 4) is 34.0 Å². The Morgan fingerprint density at radius 1 is 0.929 bits per heavy atom. The Morgan fingerprint density at radius 2 is 1.68 bits per heavy atom. The molecule has 1 aromatic carbocycles. The number of hydrogen-bond acceptors (Lipinski definition) is 6. The minimum atomic E-state index is 0.465. The maximum Gasteiger partial charge on any atom is 0.161 e. The Balaban J connectivity index is 2.22. The summed E-state index contributed by atoms with van der Waals surface area (Å²) in [7, 11) is 5.10. The summed E-state index contributed by atoms with van der Waals surface area (Å²) in [6.07, 6.45) is 3.46. The summed E-state index contributed by atoms with van der Waals surface area (Å²) < 4.78 is 12.5. The third-order valence-electron chi connectivity index (χ3n) is 4.27. The Labute approximate surface area is 164 Å². The second-order valence-electron chi connectivity index (χ2n) is 6.12. The number of nitrogens with zero attached hydrogens (tertiary/aromatic N) is 4. The molecule has 0 bridgehead atoms. The zero-order valence-corrected chi connectivity index (χ0v) is 16.4. The van der Waals surface area contributed by atoms with Gasteiger partial charge in [0.15, 0.2) is 11.5 Å². The third-order valence-corrected chi connectivity index (χ3v) is 4.27. The molecule has 0 atom stereocenters. The molecule has 0 aliphatic carbocycles. The molecule has 2 N–H and O–H groups in total. The number of benzene rings is 1. The predicted octanol–water partition coefficient (Wildman–Crippen LogP) is 3.58. The Bertz CT molecular complexity index is 1030. The van der Waals surface area contributed by atoms with E-state index in [2.05, 4.69) is 9.97 Å². The van der Waals surface area contributed by atoms with E-state index >= 15 is 0 Å². The summed E-state index contributed by atoms with van der Waals surface area (Å²) in [4.78, 5) is 8.70. The zero-order valence-electron chi connectivity index (χ0n) is 16.4. The molecule has 0 aliphatic heterocycles. The molecule has 0 amide bonds. The number of nitrogen functional groups attached to an aromatic ring is 1. The molecular formula is C21H23N5O2. The molecule has 7 heteroatoms. The molecule has 2 aromatic heterocycles. The minimum Gasteiger partial charge on any atom is -0.493 e. The molecule has 2 heterocycles. The van der Waals surface area contributed by atoms with Crippen LogP contribution >= 0.6 is 0 Å². The molecule has 0 saturated heterocycles. The summed E-state index contributed by atoms with van der Waals surface area (Å²) in [5.74, 6) is 1.77. The Morgan fingerprint density at radius 3 is 2.36 bits per heavy atom. The number of hydrogen-bond donors (Lipinski definition) is 1. The van der Waals surface area contributed by atoms with Crippen molar-refractivity contribution in [2.45, 2.75) is 6.92 Å². The fraction of sp³-hybridized carbons (Fsp3) is 0.190. The van der Waals surface area contributed by atoms with Gasteiger partial charge in [-0.05, 0) is 49.4 Å². The van der Waals surface area contributed by atoms with E-state index in [-0.39, 0.29) is 0 Å². The summed E-state index contributed by atoms with van der Waals surface area (Å²) in [6, 6.07) is 13.1. The standard InChI is InChI=1S/C21H23N5O2/c1-14-21(16-8-10-20(22)24-13-16)26(2)25-17(6-5-11-23-14)15-7-9-18(27-3)19(12-15)28-4/h5-13H,1-4H3,(H2,22,24). The molecule has 28 heavy (non-hydrogen) atoms. The lowest BCUT2D eigenvalue weighted by Crippen LogP contribution is -2.03. The Hall–Kier alpha value is -3.61. The summed E-state index contributed by atoms with van der Waals surface area (Å²) >= 11 is 0. The highest BCUT2D eigenvalue weighted by Gasteiger charge is 2.09. The van der Waals surface area contributed by atoms with Crippen LogP contribution in [-0.4, -0.2) is 34.0 Å². The van der Waals surface area contributed by atoms with E-state index in [0.717, 1.165) is 28.2 Å². The van der Waals surface area contributed by atoms with Gasteiger partial charge in [-0.1, -0.05) is 0 Å². The first kappa shape index (κ1) is 19.2. The van der Waals surface area contributed by atoms with Gasteiger partial charge in [0.2, 0.25) is 0 Å². The fourth-order valence-electron chi connectivity index (χ4n) is 2.92. The van der Waals surface area contributed by atoms with Crippen molar-refractivity contribution in [1.82, 2.24) is 19.7 Å². The molecule has 144 valence electrons. The van der Waals surface area contributed by atoms with Crippen LogP contribution in [0.1, 0.15) is 5.69 Å². The maximum atomic E-state index is 5.73. The van der Waals surface area contributed by atoms with E-state index in [1.54, 1.807) is 37.4 Å².